The summed E-state index contributed by atoms with van der Waals surface area (Å²) >= 11 is 0. The summed E-state index contributed by atoms with van der Waals surface area (Å²) in [5.41, 5.74) is 2.38. The smallest absolute Gasteiger partial charge is 0.0234 e. The highest BCUT2D eigenvalue weighted by Crippen LogP contribution is 2.42. The van der Waals surface area contributed by atoms with E-state index in [4.69, 9.17) is 0 Å². The van der Waals surface area contributed by atoms with E-state index in [-0.39, 0.29) is 0 Å². The summed E-state index contributed by atoms with van der Waals surface area (Å²) in [6.07, 6.45) is 2.89. The van der Waals surface area contributed by atoms with Crippen molar-refractivity contribution in [3.05, 3.63) is 35.9 Å². The lowest BCUT2D eigenvalue weighted by Gasteiger charge is -2.34. The molecule has 0 bridgehead atoms. The van der Waals surface area contributed by atoms with Crippen molar-refractivity contribution in [2.24, 2.45) is 0 Å². The van der Waals surface area contributed by atoms with Crippen LogP contribution in [0, 0.1) is 0 Å². The molecule has 88 valence electrons. The molecule has 1 aliphatic heterocycles. The van der Waals surface area contributed by atoms with E-state index in [9.17, 15) is 0 Å². The number of hydrogen-bond acceptors (Lipinski definition) is 1. The fraction of sp³-hybridized carbons (Fsp3) is 0.571. The summed E-state index contributed by atoms with van der Waals surface area (Å²) in [5.74, 6) is 0. The van der Waals surface area contributed by atoms with Gasteiger partial charge in [-0.25, -0.2) is 0 Å². The Labute approximate surface area is 101 Å². The molecule has 1 fully saturated rings. The summed E-state index contributed by atoms with van der Waals surface area (Å²) in [5, 5.41) is 0. The molecule has 1 aliphatic rings. The van der Waals surface area contributed by atoms with Gasteiger partial charge in [0.25, 0.3) is 0 Å². The van der Waals surface area contributed by atoms with Gasteiger partial charge in [0.15, 0.2) is 0 Å². The van der Waals surface area contributed by atoms with E-state index in [1.54, 1.807) is 0 Å². The van der Waals surface area contributed by atoms with Gasteiger partial charge < -0.3 is 0 Å². The Morgan fingerprint density at radius 3 is 2.31 bits per heavy atom. The molecule has 2 rings (SSSR count). The van der Waals surface area contributed by atoms with Crippen LogP contribution in [0.15, 0.2) is 30.3 Å². The molecule has 0 amide bonds. The maximum absolute atomic E-state index is 2.61. The van der Waals surface area contributed by atoms with Crippen LogP contribution in [-0.2, 0) is 6.54 Å². The second-order valence-corrected chi connectivity index (χ2v) is 8.00. The lowest BCUT2D eigenvalue weighted by Crippen LogP contribution is -2.34. The normalized spacial score (nSPS) is 19.2. The monoisotopic (exact) mass is 235 g/mol. The molecule has 16 heavy (non-hydrogen) atoms. The molecule has 1 saturated heterocycles. The molecule has 0 unspecified atom stereocenters. The molecule has 1 aromatic rings. The number of rotatable bonds is 3. The molecule has 0 radical (unpaired) electrons. The first-order valence-electron chi connectivity index (χ1n) is 6.26. The number of hydrogen-bond donors (Lipinski definition) is 0. The van der Waals surface area contributed by atoms with Crippen molar-refractivity contribution in [3.8, 4) is 0 Å². The van der Waals surface area contributed by atoms with Crippen LogP contribution in [0.25, 0.3) is 0 Å². The van der Waals surface area contributed by atoms with Gasteiger partial charge in [-0.15, -0.1) is 7.92 Å². The van der Waals surface area contributed by atoms with Crippen LogP contribution in [-0.4, -0.2) is 36.0 Å². The largest absolute Gasteiger partial charge is 0.298 e. The highest BCUT2D eigenvalue weighted by atomic mass is 31.1. The van der Waals surface area contributed by atoms with Crippen molar-refractivity contribution in [1.82, 2.24) is 4.90 Å². The Kier molecular flexibility index (Phi) is 4.37. The lowest BCUT2D eigenvalue weighted by molar-refractivity contribution is 0.291. The molecular formula is C14H22NP. The minimum Gasteiger partial charge on any atom is -0.298 e. The SMILES string of the molecule is CC(C)P1CCN(Cc2ccccc2)CC1. The fourth-order valence-electron chi connectivity index (χ4n) is 2.28. The maximum Gasteiger partial charge on any atom is 0.0234 e. The van der Waals surface area contributed by atoms with Crippen LogP contribution in [0.2, 0.25) is 0 Å². The second kappa shape index (κ2) is 5.80. The van der Waals surface area contributed by atoms with Crippen LogP contribution in [0.3, 0.4) is 0 Å². The average molecular weight is 235 g/mol. The zero-order valence-electron chi connectivity index (χ0n) is 10.4. The lowest BCUT2D eigenvalue weighted by atomic mass is 10.2. The first-order chi connectivity index (χ1) is 7.75. The van der Waals surface area contributed by atoms with E-state index in [2.05, 4.69) is 49.1 Å². The molecule has 0 spiro atoms. The standard InChI is InChI=1S/C14H22NP/c1-13(2)16-10-8-15(9-11-16)12-14-6-4-3-5-7-14/h3-7,13H,8-12H2,1-2H3. The van der Waals surface area contributed by atoms with Crippen molar-refractivity contribution in [3.63, 3.8) is 0 Å². The third-order valence-corrected chi connectivity index (χ3v) is 6.40. The zero-order valence-corrected chi connectivity index (χ0v) is 11.3. The van der Waals surface area contributed by atoms with Crippen LogP contribution in [0.1, 0.15) is 19.4 Å². The Bertz CT molecular complexity index is 302. The highest BCUT2D eigenvalue weighted by Gasteiger charge is 2.20. The molecule has 0 saturated carbocycles. The fourth-order valence-corrected chi connectivity index (χ4v) is 4.62. The van der Waals surface area contributed by atoms with Crippen LogP contribution < -0.4 is 0 Å². The molecule has 1 nitrogen and oxygen atoms in total. The predicted octanol–water partition coefficient (Wildman–Crippen LogP) is 3.39. The molecule has 0 aromatic heterocycles. The van der Waals surface area contributed by atoms with Gasteiger partial charge in [-0.3, -0.25) is 4.90 Å². The molecule has 2 heteroatoms. The van der Waals surface area contributed by atoms with Gasteiger partial charge >= 0.3 is 0 Å². The van der Waals surface area contributed by atoms with E-state index >= 15 is 0 Å². The van der Waals surface area contributed by atoms with Crippen LogP contribution >= 0.6 is 7.92 Å². The average Bonchev–Trinajstić information content (AvgIpc) is 2.31. The van der Waals surface area contributed by atoms with Crippen molar-refractivity contribution in [2.75, 3.05) is 25.4 Å². The van der Waals surface area contributed by atoms with Crippen molar-refractivity contribution < 1.29 is 0 Å². The summed E-state index contributed by atoms with van der Waals surface area (Å²) in [7, 11) is 0.326. The Balaban J connectivity index is 1.82. The third kappa shape index (κ3) is 3.30. The maximum atomic E-state index is 2.61. The van der Waals surface area contributed by atoms with Gasteiger partial charge in [0.2, 0.25) is 0 Å². The van der Waals surface area contributed by atoms with Gasteiger partial charge in [-0.05, 0) is 23.5 Å². The minimum absolute atomic E-state index is 0.326. The highest BCUT2D eigenvalue weighted by molar-refractivity contribution is 7.58. The number of benzene rings is 1. The first-order valence-corrected chi connectivity index (χ1v) is 8.04. The Morgan fingerprint density at radius 2 is 1.75 bits per heavy atom. The number of nitrogens with zero attached hydrogens (tertiary/aromatic N) is 1. The predicted molar refractivity (Wildman–Crippen MR) is 73.5 cm³/mol. The van der Waals surface area contributed by atoms with Crippen molar-refractivity contribution >= 4 is 7.92 Å². The van der Waals surface area contributed by atoms with Gasteiger partial charge in [-0.1, -0.05) is 44.2 Å². The van der Waals surface area contributed by atoms with Crippen LogP contribution in [0.5, 0.6) is 0 Å². The van der Waals surface area contributed by atoms with E-state index in [1.807, 2.05) is 0 Å². The summed E-state index contributed by atoms with van der Waals surface area (Å²) in [6, 6.07) is 10.8. The quantitative estimate of drug-likeness (QED) is 0.726. The van der Waals surface area contributed by atoms with Gasteiger partial charge in [0.1, 0.15) is 0 Å². The topological polar surface area (TPSA) is 3.24 Å². The third-order valence-electron chi connectivity index (χ3n) is 3.39. The molecule has 0 aliphatic carbocycles. The molecular weight excluding hydrogens is 213 g/mol. The molecule has 1 aromatic carbocycles. The molecule has 1 heterocycles. The van der Waals surface area contributed by atoms with Crippen molar-refractivity contribution in [2.45, 2.75) is 26.1 Å². The first kappa shape index (κ1) is 12.1. The van der Waals surface area contributed by atoms with Gasteiger partial charge in [0, 0.05) is 19.6 Å². The van der Waals surface area contributed by atoms with E-state index in [0.717, 1.165) is 12.2 Å². The van der Waals surface area contributed by atoms with Gasteiger partial charge in [0.05, 0.1) is 0 Å². The van der Waals surface area contributed by atoms with Gasteiger partial charge in [-0.2, -0.15) is 0 Å². The van der Waals surface area contributed by atoms with E-state index < -0.39 is 0 Å². The molecule has 0 N–H and O–H groups in total. The summed E-state index contributed by atoms with van der Waals surface area (Å²) in [4.78, 5) is 2.61. The van der Waals surface area contributed by atoms with E-state index in [1.165, 1.54) is 31.0 Å². The van der Waals surface area contributed by atoms with Crippen molar-refractivity contribution in [1.29, 1.82) is 0 Å². The summed E-state index contributed by atoms with van der Waals surface area (Å²) in [6.45, 7) is 8.52. The Hall–Kier alpha value is -0.390. The molecule has 0 atom stereocenters. The second-order valence-electron chi connectivity index (χ2n) is 4.89. The van der Waals surface area contributed by atoms with Crippen LogP contribution in [0.4, 0.5) is 0 Å². The zero-order chi connectivity index (χ0) is 11.4. The Morgan fingerprint density at radius 1 is 1.12 bits per heavy atom. The minimum atomic E-state index is 0.326. The summed E-state index contributed by atoms with van der Waals surface area (Å²) < 4.78 is 0. The van der Waals surface area contributed by atoms with E-state index in [0.29, 0.717) is 7.92 Å².